The number of hydrogen-bond donors (Lipinski definition) is 0. The number of carbonyl (C=O) groups excluding carboxylic acids is 3. The summed E-state index contributed by atoms with van der Waals surface area (Å²) >= 11 is 0. The van der Waals surface area contributed by atoms with Crippen LogP contribution in [-0.4, -0.2) is 44.5 Å². The van der Waals surface area contributed by atoms with Crippen LogP contribution >= 0.6 is 0 Å². The predicted octanol–water partition coefficient (Wildman–Crippen LogP) is 1.44. The maximum atomic E-state index is 12.2. The van der Waals surface area contributed by atoms with Crippen molar-refractivity contribution < 1.29 is 33.3 Å². The van der Waals surface area contributed by atoms with E-state index in [0.29, 0.717) is 6.42 Å². The van der Waals surface area contributed by atoms with Crippen molar-refractivity contribution in [1.29, 1.82) is 0 Å². The molecule has 0 bridgehead atoms. The van der Waals surface area contributed by atoms with Gasteiger partial charge >= 0.3 is 17.9 Å². The molecule has 0 saturated heterocycles. The minimum absolute atomic E-state index is 0.146. The third-order valence-electron chi connectivity index (χ3n) is 2.70. The van der Waals surface area contributed by atoms with Crippen LogP contribution in [0.3, 0.4) is 0 Å². The van der Waals surface area contributed by atoms with Gasteiger partial charge in [0.25, 0.3) is 0 Å². The second kappa shape index (κ2) is 10.1. The average molecular weight is 304 g/mol. The van der Waals surface area contributed by atoms with Gasteiger partial charge in [0.1, 0.15) is 0 Å². The normalized spacial score (nSPS) is 10.9. The molecule has 0 aromatic heterocycles. The number of ether oxygens (including phenoxy) is 4. The van der Waals surface area contributed by atoms with E-state index in [1.807, 2.05) is 6.92 Å². The van der Waals surface area contributed by atoms with Gasteiger partial charge in [0.05, 0.1) is 19.8 Å². The van der Waals surface area contributed by atoms with Gasteiger partial charge in [-0.25, -0.2) is 0 Å². The van der Waals surface area contributed by atoms with E-state index in [9.17, 15) is 14.4 Å². The minimum Gasteiger partial charge on any atom is -0.465 e. The maximum absolute atomic E-state index is 12.2. The van der Waals surface area contributed by atoms with Crippen molar-refractivity contribution in [2.24, 2.45) is 5.41 Å². The Kier molecular flexibility index (Phi) is 9.36. The quantitative estimate of drug-likeness (QED) is 0.198. The van der Waals surface area contributed by atoms with Crippen LogP contribution in [0.4, 0.5) is 0 Å². The molecule has 0 aliphatic heterocycles. The zero-order valence-corrected chi connectivity index (χ0v) is 13.1. The first-order valence-corrected chi connectivity index (χ1v) is 7.00. The summed E-state index contributed by atoms with van der Waals surface area (Å²) in [5, 5.41) is 0. The molecule has 21 heavy (non-hydrogen) atoms. The Hall–Kier alpha value is -1.63. The van der Waals surface area contributed by atoms with Gasteiger partial charge < -0.3 is 18.9 Å². The van der Waals surface area contributed by atoms with E-state index in [1.54, 1.807) is 13.8 Å². The number of hydrogen-bond acceptors (Lipinski definition) is 7. The van der Waals surface area contributed by atoms with E-state index in [4.69, 9.17) is 14.2 Å². The van der Waals surface area contributed by atoms with Crippen LogP contribution in [0.1, 0.15) is 40.5 Å². The fraction of sp³-hybridized carbons (Fsp3) is 0.786. The summed E-state index contributed by atoms with van der Waals surface area (Å²) in [7, 11) is 0. The molecule has 0 N–H and O–H groups in total. The SMILES string of the molecule is CCCC(COCOC(C)=O)(C(=O)OCC)C(=O)OCC. The monoisotopic (exact) mass is 304 g/mol. The van der Waals surface area contributed by atoms with Gasteiger partial charge in [-0.3, -0.25) is 14.4 Å². The molecule has 0 saturated carbocycles. The smallest absolute Gasteiger partial charge is 0.325 e. The second-order valence-corrected chi connectivity index (χ2v) is 4.38. The molecule has 0 heterocycles. The first-order valence-electron chi connectivity index (χ1n) is 7.00. The van der Waals surface area contributed by atoms with Crippen LogP contribution in [0.25, 0.3) is 0 Å². The van der Waals surface area contributed by atoms with Gasteiger partial charge in [-0.1, -0.05) is 13.3 Å². The van der Waals surface area contributed by atoms with E-state index < -0.39 is 23.3 Å². The lowest BCUT2D eigenvalue weighted by Gasteiger charge is -2.28. The van der Waals surface area contributed by atoms with Crippen molar-refractivity contribution in [3.63, 3.8) is 0 Å². The van der Waals surface area contributed by atoms with Crippen LogP contribution in [0.5, 0.6) is 0 Å². The van der Waals surface area contributed by atoms with Crippen molar-refractivity contribution in [3.05, 3.63) is 0 Å². The van der Waals surface area contributed by atoms with Crippen LogP contribution in [0.15, 0.2) is 0 Å². The fourth-order valence-corrected chi connectivity index (χ4v) is 1.78. The zero-order valence-electron chi connectivity index (χ0n) is 13.1. The third-order valence-corrected chi connectivity index (χ3v) is 2.70. The topological polar surface area (TPSA) is 88.1 Å². The summed E-state index contributed by atoms with van der Waals surface area (Å²) < 4.78 is 19.7. The molecule has 0 aliphatic carbocycles. The maximum Gasteiger partial charge on any atom is 0.325 e. The lowest BCUT2D eigenvalue weighted by molar-refractivity contribution is -0.182. The molecule has 0 fully saturated rings. The Labute approximate surface area is 124 Å². The summed E-state index contributed by atoms with van der Waals surface area (Å²) in [6, 6.07) is 0. The van der Waals surface area contributed by atoms with Gasteiger partial charge in [0.2, 0.25) is 0 Å². The van der Waals surface area contributed by atoms with E-state index in [1.165, 1.54) is 6.92 Å². The van der Waals surface area contributed by atoms with Gasteiger partial charge in [-0.2, -0.15) is 0 Å². The summed E-state index contributed by atoms with van der Waals surface area (Å²) in [4.78, 5) is 35.1. The van der Waals surface area contributed by atoms with Gasteiger partial charge in [-0.05, 0) is 20.3 Å². The van der Waals surface area contributed by atoms with Crippen LogP contribution in [0.2, 0.25) is 0 Å². The second-order valence-electron chi connectivity index (χ2n) is 4.38. The predicted molar refractivity (Wildman–Crippen MR) is 73.2 cm³/mol. The van der Waals surface area contributed by atoms with Crippen LogP contribution < -0.4 is 0 Å². The van der Waals surface area contributed by atoms with E-state index in [2.05, 4.69) is 4.74 Å². The number of rotatable bonds is 10. The number of carbonyl (C=O) groups is 3. The van der Waals surface area contributed by atoms with Crippen LogP contribution in [0, 0.1) is 5.41 Å². The molecule has 122 valence electrons. The third kappa shape index (κ3) is 6.12. The first-order chi connectivity index (χ1) is 9.94. The summed E-state index contributed by atoms with van der Waals surface area (Å²) in [5.41, 5.74) is -1.53. The Morgan fingerprint density at radius 2 is 1.43 bits per heavy atom. The van der Waals surface area contributed by atoms with Gasteiger partial charge in [-0.15, -0.1) is 0 Å². The Morgan fingerprint density at radius 1 is 0.905 bits per heavy atom. The summed E-state index contributed by atoms with van der Waals surface area (Å²) in [6.45, 7) is 6.07. The Balaban J connectivity index is 5.02. The average Bonchev–Trinajstić information content (AvgIpc) is 2.42. The molecular weight excluding hydrogens is 280 g/mol. The van der Waals surface area contributed by atoms with Crippen molar-refractivity contribution in [2.75, 3.05) is 26.6 Å². The molecule has 0 aromatic rings. The highest BCUT2D eigenvalue weighted by Gasteiger charge is 2.48. The molecule has 0 radical (unpaired) electrons. The van der Waals surface area contributed by atoms with Gasteiger partial charge in [0, 0.05) is 6.92 Å². The van der Waals surface area contributed by atoms with E-state index in [0.717, 1.165) is 0 Å². The van der Waals surface area contributed by atoms with Crippen LogP contribution in [-0.2, 0) is 33.3 Å². The molecule has 0 rings (SSSR count). The number of esters is 3. The first kappa shape index (κ1) is 19.4. The molecule has 0 atom stereocenters. The lowest BCUT2D eigenvalue weighted by atomic mass is 9.84. The van der Waals surface area contributed by atoms with Crippen molar-refractivity contribution in [2.45, 2.75) is 40.5 Å². The molecule has 7 heteroatoms. The molecule has 0 spiro atoms. The van der Waals surface area contributed by atoms with E-state index >= 15 is 0 Å². The highest BCUT2D eigenvalue weighted by Crippen LogP contribution is 2.29. The molecule has 0 aromatic carbocycles. The Morgan fingerprint density at radius 3 is 1.81 bits per heavy atom. The highest BCUT2D eigenvalue weighted by molar-refractivity contribution is 6.00. The highest BCUT2D eigenvalue weighted by atomic mass is 16.7. The molecular formula is C14H24O7. The van der Waals surface area contributed by atoms with Crippen molar-refractivity contribution in [1.82, 2.24) is 0 Å². The standard InChI is InChI=1S/C14H24O7/c1-5-8-14(12(16)19-6-2,13(17)20-7-3)9-18-10-21-11(4)15/h5-10H2,1-4H3. The van der Waals surface area contributed by atoms with Gasteiger partial charge in [0.15, 0.2) is 12.2 Å². The molecule has 0 amide bonds. The fourth-order valence-electron chi connectivity index (χ4n) is 1.78. The molecule has 7 nitrogen and oxygen atoms in total. The van der Waals surface area contributed by atoms with E-state index in [-0.39, 0.29) is 33.0 Å². The Bertz CT molecular complexity index is 333. The molecule has 0 unspecified atom stereocenters. The van der Waals surface area contributed by atoms with Crippen molar-refractivity contribution in [3.8, 4) is 0 Å². The minimum atomic E-state index is -1.53. The largest absolute Gasteiger partial charge is 0.465 e. The summed E-state index contributed by atoms with van der Waals surface area (Å²) in [5.74, 6) is -1.88. The van der Waals surface area contributed by atoms with Crippen molar-refractivity contribution >= 4 is 17.9 Å². The summed E-state index contributed by atoms with van der Waals surface area (Å²) in [6.07, 6.45) is 0.791. The lowest BCUT2D eigenvalue weighted by Crippen LogP contribution is -2.46. The molecule has 0 aliphatic rings. The zero-order chi connectivity index (χ0) is 16.3.